The zero-order valence-corrected chi connectivity index (χ0v) is 27.4. The Labute approximate surface area is 284 Å². The highest BCUT2D eigenvalue weighted by Gasteiger charge is 2.31. The molecule has 0 saturated heterocycles. The summed E-state index contributed by atoms with van der Waals surface area (Å²) in [5, 5.41) is 3.40. The Morgan fingerprint density at radius 2 is 1.71 bits per heavy atom. The first-order chi connectivity index (χ1) is 23.3. The normalized spacial score (nSPS) is 14.6. The second-order valence-corrected chi connectivity index (χ2v) is 12.4. The molecule has 246 valence electrons. The van der Waals surface area contributed by atoms with Crippen molar-refractivity contribution in [3.8, 4) is 16.9 Å². The Morgan fingerprint density at radius 3 is 2.40 bits per heavy atom. The minimum atomic E-state index is -0.902. The van der Waals surface area contributed by atoms with Crippen LogP contribution in [0.4, 0.5) is 4.39 Å². The Balaban J connectivity index is 1.16. The van der Waals surface area contributed by atoms with Crippen molar-refractivity contribution < 1.29 is 18.7 Å². The average Bonchev–Trinajstić information content (AvgIpc) is 3.54. The van der Waals surface area contributed by atoms with Gasteiger partial charge in [-0.1, -0.05) is 79.2 Å². The predicted octanol–water partition coefficient (Wildman–Crippen LogP) is 6.56. The van der Waals surface area contributed by atoms with Gasteiger partial charge in [-0.2, -0.15) is 0 Å². The molecule has 1 unspecified atom stereocenters. The van der Waals surface area contributed by atoms with Crippen LogP contribution in [0.2, 0.25) is 5.02 Å². The molecule has 10 heteroatoms. The number of benzene rings is 4. The largest absolute Gasteiger partial charge is 0.492 e. The third kappa shape index (κ3) is 7.59. The van der Waals surface area contributed by atoms with Gasteiger partial charge in [-0.3, -0.25) is 14.5 Å². The van der Waals surface area contributed by atoms with E-state index in [0.717, 1.165) is 46.5 Å². The van der Waals surface area contributed by atoms with Crippen LogP contribution in [-0.2, 0) is 24.3 Å². The highest BCUT2D eigenvalue weighted by Crippen LogP contribution is 2.39. The van der Waals surface area contributed by atoms with Crippen molar-refractivity contribution in [2.75, 3.05) is 13.2 Å². The zero-order valence-electron chi connectivity index (χ0n) is 26.6. The Bertz CT molecular complexity index is 1880. The number of rotatable bonds is 12. The second kappa shape index (κ2) is 14.8. The van der Waals surface area contributed by atoms with Gasteiger partial charge in [0.1, 0.15) is 17.6 Å². The van der Waals surface area contributed by atoms with Crippen LogP contribution >= 0.6 is 11.6 Å². The Kier molecular flexibility index (Phi) is 10.2. The van der Waals surface area contributed by atoms with E-state index in [4.69, 9.17) is 22.1 Å². The molecular formula is C38H37ClFN5O3. The van der Waals surface area contributed by atoms with Gasteiger partial charge >= 0.3 is 0 Å². The van der Waals surface area contributed by atoms with Crippen molar-refractivity contribution in [1.29, 1.82) is 0 Å². The fourth-order valence-electron chi connectivity index (χ4n) is 6.19. The summed E-state index contributed by atoms with van der Waals surface area (Å²) in [6.45, 7) is 4.64. The third-order valence-electron chi connectivity index (χ3n) is 8.78. The molecule has 2 heterocycles. The van der Waals surface area contributed by atoms with Crippen LogP contribution in [0.1, 0.15) is 52.1 Å². The van der Waals surface area contributed by atoms with Crippen molar-refractivity contribution in [2.45, 2.75) is 44.9 Å². The summed E-state index contributed by atoms with van der Waals surface area (Å²) >= 11 is 6.00. The van der Waals surface area contributed by atoms with Crippen LogP contribution < -0.4 is 15.8 Å². The SMILES string of the molecule is CCN(Cc1cncn1Cc1ccc(-c2ccc(F)cc2)cc1)C1CCOc2c(C(=O)N[C@@H](Cc3ccc(Cl)cc3)C(N)=O)cccc21. The number of fused-ring (bicyclic) bond motifs is 1. The number of carbonyl (C=O) groups is 2. The van der Waals surface area contributed by atoms with E-state index in [0.29, 0.717) is 36.0 Å². The number of halogens is 2. The van der Waals surface area contributed by atoms with Crippen LogP contribution in [0.15, 0.2) is 104 Å². The fourth-order valence-corrected chi connectivity index (χ4v) is 6.32. The van der Waals surface area contributed by atoms with Crippen molar-refractivity contribution in [3.63, 3.8) is 0 Å². The lowest BCUT2D eigenvalue weighted by atomic mass is 9.95. The highest BCUT2D eigenvalue weighted by molar-refractivity contribution is 6.30. The molecule has 4 aromatic carbocycles. The molecule has 1 aliphatic rings. The van der Waals surface area contributed by atoms with Crippen molar-refractivity contribution in [2.24, 2.45) is 5.73 Å². The number of primary amides is 1. The summed E-state index contributed by atoms with van der Waals surface area (Å²) in [6.07, 6.45) is 4.73. The number of ether oxygens (including phenoxy) is 1. The van der Waals surface area contributed by atoms with Gasteiger partial charge in [0.05, 0.1) is 24.2 Å². The summed E-state index contributed by atoms with van der Waals surface area (Å²) < 4.78 is 21.6. The van der Waals surface area contributed by atoms with Crippen LogP contribution in [0.5, 0.6) is 5.75 Å². The van der Waals surface area contributed by atoms with Gasteiger partial charge in [-0.25, -0.2) is 9.37 Å². The molecule has 3 N–H and O–H groups in total. The van der Waals surface area contributed by atoms with Crippen LogP contribution in [0.3, 0.4) is 0 Å². The summed E-state index contributed by atoms with van der Waals surface area (Å²) in [5.41, 5.74) is 12.0. The van der Waals surface area contributed by atoms with Crippen LogP contribution in [-0.4, -0.2) is 45.5 Å². The first kappa shape index (κ1) is 32.9. The predicted molar refractivity (Wildman–Crippen MR) is 184 cm³/mol. The third-order valence-corrected chi connectivity index (χ3v) is 9.04. The maximum atomic E-state index is 13.6. The van der Waals surface area contributed by atoms with Crippen molar-refractivity contribution in [1.82, 2.24) is 19.8 Å². The van der Waals surface area contributed by atoms with Crippen LogP contribution in [0, 0.1) is 5.82 Å². The van der Waals surface area contributed by atoms with E-state index < -0.39 is 17.9 Å². The van der Waals surface area contributed by atoms with Crippen molar-refractivity contribution in [3.05, 3.63) is 142 Å². The second-order valence-electron chi connectivity index (χ2n) is 11.9. The van der Waals surface area contributed by atoms with Gasteiger partial charge in [0, 0.05) is 48.8 Å². The molecular weight excluding hydrogens is 629 g/mol. The zero-order chi connectivity index (χ0) is 33.6. The number of carbonyl (C=O) groups excluding carboxylic acids is 2. The fraction of sp³-hybridized carbons (Fsp3) is 0.237. The molecule has 8 nitrogen and oxygen atoms in total. The Hall–Kier alpha value is -4.99. The minimum absolute atomic E-state index is 0.00541. The number of amides is 2. The molecule has 0 radical (unpaired) electrons. The smallest absolute Gasteiger partial charge is 0.255 e. The van der Waals surface area contributed by atoms with E-state index in [1.807, 2.05) is 36.8 Å². The lowest BCUT2D eigenvalue weighted by molar-refractivity contribution is -0.119. The first-order valence-electron chi connectivity index (χ1n) is 16.0. The Morgan fingerprint density at radius 1 is 1.02 bits per heavy atom. The van der Waals surface area contributed by atoms with Crippen molar-refractivity contribution >= 4 is 23.4 Å². The van der Waals surface area contributed by atoms with Gasteiger partial charge in [0.25, 0.3) is 5.91 Å². The maximum Gasteiger partial charge on any atom is 0.255 e. The minimum Gasteiger partial charge on any atom is -0.492 e. The summed E-state index contributed by atoms with van der Waals surface area (Å²) in [6, 6.07) is 26.5. The summed E-state index contributed by atoms with van der Waals surface area (Å²) in [7, 11) is 0. The average molecular weight is 666 g/mol. The molecule has 0 bridgehead atoms. The molecule has 0 fully saturated rings. The molecule has 48 heavy (non-hydrogen) atoms. The van der Waals surface area contributed by atoms with Gasteiger partial charge < -0.3 is 20.4 Å². The van der Waals surface area contributed by atoms with Gasteiger partial charge in [-0.05, 0) is 59.1 Å². The van der Waals surface area contributed by atoms with Gasteiger partial charge in [0.2, 0.25) is 5.91 Å². The van der Waals surface area contributed by atoms with Gasteiger partial charge in [0.15, 0.2) is 0 Å². The number of hydrogen-bond acceptors (Lipinski definition) is 5. The summed E-state index contributed by atoms with van der Waals surface area (Å²) in [5.74, 6) is -0.774. The van der Waals surface area contributed by atoms with Gasteiger partial charge in [-0.15, -0.1) is 0 Å². The lowest BCUT2D eigenvalue weighted by Crippen LogP contribution is -2.46. The van der Waals surface area contributed by atoms with E-state index in [2.05, 4.69) is 38.8 Å². The molecule has 0 spiro atoms. The number of nitrogens with zero attached hydrogens (tertiary/aromatic N) is 3. The molecule has 2 amide bonds. The molecule has 2 atom stereocenters. The topological polar surface area (TPSA) is 102 Å². The molecule has 0 saturated carbocycles. The van der Waals surface area contributed by atoms with E-state index in [1.54, 1.807) is 42.5 Å². The van der Waals surface area contributed by atoms with E-state index in [-0.39, 0.29) is 18.3 Å². The number of nitrogens with two attached hydrogens (primary N) is 1. The van der Waals surface area contributed by atoms with E-state index in [9.17, 15) is 14.0 Å². The number of hydrogen-bond donors (Lipinski definition) is 2. The van der Waals surface area contributed by atoms with Crippen LogP contribution in [0.25, 0.3) is 11.1 Å². The molecule has 6 rings (SSSR count). The quantitative estimate of drug-likeness (QED) is 0.157. The monoisotopic (exact) mass is 665 g/mol. The molecule has 0 aliphatic carbocycles. The van der Waals surface area contributed by atoms with E-state index in [1.165, 1.54) is 12.1 Å². The summed E-state index contributed by atoms with van der Waals surface area (Å²) in [4.78, 5) is 32.7. The molecule has 1 aromatic heterocycles. The highest BCUT2D eigenvalue weighted by atomic mass is 35.5. The van der Waals surface area contributed by atoms with E-state index >= 15 is 0 Å². The lowest BCUT2D eigenvalue weighted by Gasteiger charge is -2.36. The standard InChI is InChI=1S/C38H37ClFN5O3/c1-2-44(23-31-21-42-24-45(31)22-26-6-10-27(11-7-26)28-12-16-30(40)17-13-28)35-18-19-48-36-32(35)4-3-5-33(36)38(47)43-34(37(41)46)20-25-8-14-29(39)15-9-25/h3-17,21,24,34-35H,2,18-20,22-23H2,1H3,(H2,41,46)(H,43,47)/t34-,35?/m0/s1. The maximum absolute atomic E-state index is 13.6. The molecule has 5 aromatic rings. The number of para-hydroxylation sites is 1. The number of nitrogens with one attached hydrogen (secondary N) is 1. The number of aromatic nitrogens is 2. The first-order valence-corrected chi connectivity index (χ1v) is 16.3. The molecule has 1 aliphatic heterocycles. The number of imidazole rings is 1.